The van der Waals surface area contributed by atoms with Crippen LogP contribution in [-0.2, 0) is 0 Å². The molecule has 100 valence electrons. The molecule has 0 aliphatic heterocycles. The summed E-state index contributed by atoms with van der Waals surface area (Å²) in [5, 5.41) is 15.1. The molecule has 0 saturated heterocycles. The second kappa shape index (κ2) is 6.21. The van der Waals surface area contributed by atoms with Gasteiger partial charge in [0.25, 0.3) is 0 Å². The molecule has 0 radical (unpaired) electrons. The van der Waals surface area contributed by atoms with Gasteiger partial charge in [0, 0.05) is 11.9 Å². The van der Waals surface area contributed by atoms with Crippen molar-refractivity contribution in [2.24, 2.45) is 0 Å². The van der Waals surface area contributed by atoms with Gasteiger partial charge in [-0.3, -0.25) is 0 Å². The van der Waals surface area contributed by atoms with Crippen LogP contribution in [0, 0.1) is 0 Å². The maximum absolute atomic E-state index is 11.6. The molecule has 0 aliphatic rings. The number of nitrogens with zero attached hydrogens (tertiary/aromatic N) is 1. The maximum Gasteiger partial charge on any atom is 0.319 e. The summed E-state index contributed by atoms with van der Waals surface area (Å²) in [6.45, 7) is 0.0398. The van der Waals surface area contributed by atoms with E-state index in [0.29, 0.717) is 11.4 Å². The maximum atomic E-state index is 11.6. The number of halogens is 1. The van der Waals surface area contributed by atoms with E-state index in [1.807, 2.05) is 0 Å². The number of pyridine rings is 1. The number of furan rings is 1. The number of urea groups is 1. The van der Waals surface area contributed by atoms with Gasteiger partial charge in [-0.1, -0.05) is 11.6 Å². The summed E-state index contributed by atoms with van der Waals surface area (Å²) in [6.07, 6.45) is 2.05. The Morgan fingerprint density at radius 3 is 3.05 bits per heavy atom. The smallest absolute Gasteiger partial charge is 0.319 e. The summed E-state index contributed by atoms with van der Waals surface area (Å²) in [6, 6.07) is 5.97. The first-order valence-corrected chi connectivity index (χ1v) is 5.91. The zero-order valence-electron chi connectivity index (χ0n) is 9.84. The molecule has 0 aromatic carbocycles. The van der Waals surface area contributed by atoms with Crippen LogP contribution in [0.3, 0.4) is 0 Å². The van der Waals surface area contributed by atoms with Crippen LogP contribution in [0.25, 0.3) is 0 Å². The number of rotatable bonds is 4. The van der Waals surface area contributed by atoms with Gasteiger partial charge in [0.15, 0.2) is 0 Å². The predicted molar refractivity (Wildman–Crippen MR) is 69.9 cm³/mol. The molecule has 2 aromatic rings. The minimum absolute atomic E-state index is 0.0398. The molecule has 6 nitrogen and oxygen atoms in total. The number of aromatic nitrogens is 1. The molecular formula is C12H12ClN3O3. The van der Waals surface area contributed by atoms with Gasteiger partial charge in [-0.2, -0.15) is 0 Å². The predicted octanol–water partition coefficient (Wildman–Crippen LogP) is 2.18. The molecular weight excluding hydrogens is 270 g/mol. The van der Waals surface area contributed by atoms with Gasteiger partial charge >= 0.3 is 6.03 Å². The van der Waals surface area contributed by atoms with E-state index in [1.165, 1.54) is 18.5 Å². The lowest BCUT2D eigenvalue weighted by atomic mass is 10.3. The van der Waals surface area contributed by atoms with Crippen LogP contribution < -0.4 is 10.6 Å². The van der Waals surface area contributed by atoms with E-state index in [-0.39, 0.29) is 11.7 Å². The van der Waals surface area contributed by atoms with Crippen LogP contribution in [0.15, 0.2) is 41.1 Å². The van der Waals surface area contributed by atoms with E-state index in [2.05, 4.69) is 15.6 Å². The third-order valence-electron chi connectivity index (χ3n) is 2.31. The number of hydrogen-bond donors (Lipinski definition) is 3. The number of carbonyl (C=O) groups excluding carboxylic acids is 1. The normalized spacial score (nSPS) is 11.9. The first kappa shape index (κ1) is 13.4. The van der Waals surface area contributed by atoms with E-state index in [9.17, 15) is 9.90 Å². The van der Waals surface area contributed by atoms with Gasteiger partial charge in [-0.25, -0.2) is 9.78 Å². The van der Waals surface area contributed by atoms with Crippen LogP contribution >= 0.6 is 11.6 Å². The fraction of sp³-hybridized carbons (Fsp3) is 0.167. The Morgan fingerprint density at radius 1 is 1.53 bits per heavy atom. The molecule has 3 N–H and O–H groups in total. The van der Waals surface area contributed by atoms with E-state index in [4.69, 9.17) is 16.0 Å². The lowest BCUT2D eigenvalue weighted by Gasteiger charge is -2.10. The van der Waals surface area contributed by atoms with Crippen LogP contribution in [0.4, 0.5) is 10.5 Å². The topological polar surface area (TPSA) is 87.4 Å². The molecule has 0 saturated carbocycles. The van der Waals surface area contributed by atoms with Crippen LogP contribution in [0.5, 0.6) is 0 Å². The number of aliphatic hydroxyl groups excluding tert-OH is 1. The molecule has 0 spiro atoms. The summed E-state index contributed by atoms with van der Waals surface area (Å²) < 4.78 is 5.01. The molecule has 2 aromatic heterocycles. The van der Waals surface area contributed by atoms with E-state index in [0.717, 1.165) is 0 Å². The second-order valence-corrected chi connectivity index (χ2v) is 4.12. The Balaban J connectivity index is 1.82. The SMILES string of the molecule is O=C(NCC(O)c1ccco1)Nc1ccnc(Cl)c1. The summed E-state index contributed by atoms with van der Waals surface area (Å²) in [7, 11) is 0. The van der Waals surface area contributed by atoms with Gasteiger partial charge in [0.1, 0.15) is 17.0 Å². The molecule has 1 atom stereocenters. The second-order valence-electron chi connectivity index (χ2n) is 3.73. The van der Waals surface area contributed by atoms with E-state index < -0.39 is 12.1 Å². The van der Waals surface area contributed by atoms with Crippen molar-refractivity contribution in [2.75, 3.05) is 11.9 Å². The van der Waals surface area contributed by atoms with Gasteiger partial charge in [0.05, 0.1) is 12.8 Å². The third kappa shape index (κ3) is 3.97. The lowest BCUT2D eigenvalue weighted by Crippen LogP contribution is -2.32. The van der Waals surface area contributed by atoms with Crippen LogP contribution in [-0.4, -0.2) is 22.7 Å². The van der Waals surface area contributed by atoms with Gasteiger partial charge < -0.3 is 20.2 Å². The monoisotopic (exact) mass is 281 g/mol. The van der Waals surface area contributed by atoms with Crippen LogP contribution in [0.2, 0.25) is 5.15 Å². The van der Waals surface area contributed by atoms with Gasteiger partial charge in [-0.15, -0.1) is 0 Å². The highest BCUT2D eigenvalue weighted by Gasteiger charge is 2.11. The third-order valence-corrected chi connectivity index (χ3v) is 2.52. The summed E-state index contributed by atoms with van der Waals surface area (Å²) >= 11 is 5.69. The Labute approximate surface area is 114 Å². The standard InChI is InChI=1S/C12H12ClN3O3/c13-11-6-8(3-4-14-11)16-12(18)15-7-9(17)10-2-1-5-19-10/h1-6,9,17H,7H2,(H2,14,15,16,18). The molecule has 0 bridgehead atoms. The van der Waals surface area contributed by atoms with Crippen molar-refractivity contribution in [3.05, 3.63) is 47.6 Å². The van der Waals surface area contributed by atoms with Crippen molar-refractivity contribution >= 4 is 23.3 Å². The molecule has 7 heteroatoms. The molecule has 2 rings (SSSR count). The average molecular weight is 282 g/mol. The fourth-order valence-corrected chi connectivity index (χ4v) is 1.60. The Morgan fingerprint density at radius 2 is 2.37 bits per heavy atom. The summed E-state index contributed by atoms with van der Waals surface area (Å²) in [5.41, 5.74) is 0.519. The van der Waals surface area contributed by atoms with Crippen molar-refractivity contribution < 1.29 is 14.3 Å². The highest BCUT2D eigenvalue weighted by Crippen LogP contribution is 2.13. The number of nitrogens with one attached hydrogen (secondary N) is 2. The molecule has 0 fully saturated rings. The molecule has 0 aliphatic carbocycles. The lowest BCUT2D eigenvalue weighted by molar-refractivity contribution is 0.149. The van der Waals surface area contributed by atoms with E-state index >= 15 is 0 Å². The number of amides is 2. The zero-order chi connectivity index (χ0) is 13.7. The molecule has 1 unspecified atom stereocenters. The van der Waals surface area contributed by atoms with Crippen molar-refractivity contribution in [3.8, 4) is 0 Å². The Kier molecular flexibility index (Phi) is 4.38. The number of carbonyl (C=O) groups is 1. The molecule has 2 heterocycles. The largest absolute Gasteiger partial charge is 0.467 e. The molecule has 19 heavy (non-hydrogen) atoms. The minimum atomic E-state index is -0.887. The van der Waals surface area contributed by atoms with Crippen molar-refractivity contribution in [3.63, 3.8) is 0 Å². The van der Waals surface area contributed by atoms with Crippen molar-refractivity contribution in [1.29, 1.82) is 0 Å². The van der Waals surface area contributed by atoms with Crippen molar-refractivity contribution in [2.45, 2.75) is 6.10 Å². The number of aliphatic hydroxyl groups is 1. The molecule has 2 amide bonds. The van der Waals surface area contributed by atoms with Crippen molar-refractivity contribution in [1.82, 2.24) is 10.3 Å². The highest BCUT2D eigenvalue weighted by molar-refractivity contribution is 6.29. The summed E-state index contributed by atoms with van der Waals surface area (Å²) in [4.78, 5) is 15.4. The minimum Gasteiger partial charge on any atom is -0.467 e. The Bertz CT molecular complexity index is 545. The van der Waals surface area contributed by atoms with Crippen LogP contribution in [0.1, 0.15) is 11.9 Å². The van der Waals surface area contributed by atoms with Gasteiger partial charge in [-0.05, 0) is 24.3 Å². The summed E-state index contributed by atoms with van der Waals surface area (Å²) in [5.74, 6) is 0.396. The zero-order valence-corrected chi connectivity index (χ0v) is 10.6. The number of anilines is 1. The Hall–Kier alpha value is -2.05. The highest BCUT2D eigenvalue weighted by atomic mass is 35.5. The fourth-order valence-electron chi connectivity index (χ4n) is 1.43. The quantitative estimate of drug-likeness (QED) is 0.750. The first-order valence-electron chi connectivity index (χ1n) is 5.53. The number of hydrogen-bond acceptors (Lipinski definition) is 4. The van der Waals surface area contributed by atoms with E-state index in [1.54, 1.807) is 18.2 Å². The first-order chi connectivity index (χ1) is 9.15. The van der Waals surface area contributed by atoms with Gasteiger partial charge in [0.2, 0.25) is 0 Å². The average Bonchev–Trinajstić information content (AvgIpc) is 2.90.